The van der Waals surface area contributed by atoms with Gasteiger partial charge in [0.25, 0.3) is 0 Å². The fourth-order valence-electron chi connectivity index (χ4n) is 0.394. The molecule has 0 aliphatic heterocycles. The number of hydrogen-bond acceptors (Lipinski definition) is 2. The van der Waals surface area contributed by atoms with Crippen LogP contribution in [0.25, 0.3) is 0 Å². The molecule has 0 aliphatic rings. The van der Waals surface area contributed by atoms with Crippen LogP contribution in [0.3, 0.4) is 0 Å². The first-order chi connectivity index (χ1) is 3.68. The van der Waals surface area contributed by atoms with Gasteiger partial charge in [0.2, 0.25) is 6.29 Å². The zero-order valence-electron chi connectivity index (χ0n) is 5.27. The van der Waals surface area contributed by atoms with Gasteiger partial charge in [-0.1, -0.05) is 13.8 Å². The molecule has 0 aromatic heterocycles. The van der Waals surface area contributed by atoms with Crippen LogP contribution in [0.5, 0.6) is 0 Å². The Bertz CT molecular complexity index is 74.6. The van der Waals surface area contributed by atoms with Crippen molar-refractivity contribution in [2.75, 3.05) is 0 Å². The minimum Gasteiger partial charge on any atom is -0.382 e. The number of aliphatic hydroxyl groups is 1. The van der Waals surface area contributed by atoms with E-state index < -0.39 is 5.60 Å². The average Bonchev–Trinajstić information content (AvgIpc) is 1.87. The zero-order valence-corrected chi connectivity index (χ0v) is 5.27. The lowest BCUT2D eigenvalue weighted by Crippen LogP contribution is -2.27. The Morgan fingerprint density at radius 3 is 1.88 bits per heavy atom. The molecule has 8 heavy (non-hydrogen) atoms. The molecule has 0 amide bonds. The fraction of sp³-hybridized carbons (Fsp3) is 0.833. The van der Waals surface area contributed by atoms with Crippen LogP contribution < -0.4 is 0 Å². The van der Waals surface area contributed by atoms with Crippen molar-refractivity contribution in [2.24, 2.45) is 0 Å². The highest BCUT2D eigenvalue weighted by Crippen LogP contribution is 2.09. The summed E-state index contributed by atoms with van der Waals surface area (Å²) in [6, 6.07) is 0. The first-order valence-corrected chi connectivity index (χ1v) is 2.80. The summed E-state index contributed by atoms with van der Waals surface area (Å²) in [6.45, 7) is 3.52. The maximum atomic E-state index is 9.91. The van der Waals surface area contributed by atoms with Crippen LogP contribution in [0.4, 0.5) is 0 Å². The highest BCUT2D eigenvalue weighted by Gasteiger charge is 2.21. The van der Waals surface area contributed by atoms with Crippen molar-refractivity contribution in [1.29, 1.82) is 0 Å². The van der Waals surface area contributed by atoms with Crippen LogP contribution in [-0.4, -0.2) is 17.0 Å². The van der Waals surface area contributed by atoms with Crippen LogP contribution in [-0.2, 0) is 4.79 Å². The van der Waals surface area contributed by atoms with E-state index >= 15 is 0 Å². The second-order valence-corrected chi connectivity index (χ2v) is 1.84. The summed E-state index contributed by atoms with van der Waals surface area (Å²) < 4.78 is 0. The van der Waals surface area contributed by atoms with Crippen molar-refractivity contribution in [3.05, 3.63) is 0 Å². The van der Waals surface area contributed by atoms with Crippen LogP contribution >= 0.6 is 0 Å². The van der Waals surface area contributed by atoms with Crippen molar-refractivity contribution in [3.63, 3.8) is 0 Å². The van der Waals surface area contributed by atoms with E-state index in [1.807, 2.05) is 0 Å². The summed E-state index contributed by atoms with van der Waals surface area (Å²) >= 11 is 0. The molecule has 0 aromatic rings. The molecule has 0 aliphatic carbocycles. The Morgan fingerprint density at radius 1 is 1.50 bits per heavy atom. The van der Waals surface area contributed by atoms with Crippen LogP contribution in [0.15, 0.2) is 0 Å². The maximum Gasteiger partial charge on any atom is 0.232 e. The van der Waals surface area contributed by atoms with Gasteiger partial charge >= 0.3 is 0 Å². The summed E-state index contributed by atoms with van der Waals surface area (Å²) in [5.41, 5.74) is -1.18. The molecule has 2 heteroatoms. The third-order valence-corrected chi connectivity index (χ3v) is 1.36. The van der Waals surface area contributed by atoms with Crippen molar-refractivity contribution in [1.82, 2.24) is 0 Å². The Kier molecular flexibility index (Phi) is 2.69. The molecule has 2 nitrogen and oxygen atoms in total. The van der Waals surface area contributed by atoms with Gasteiger partial charge in [-0.25, -0.2) is 0 Å². The van der Waals surface area contributed by atoms with E-state index in [2.05, 4.69) is 0 Å². The largest absolute Gasteiger partial charge is 0.382 e. The molecule has 0 spiro atoms. The summed E-state index contributed by atoms with van der Waals surface area (Å²) in [5.74, 6) is 0. The SMILES string of the molecule is CCC(O)([C]=O)CC. The molecule has 0 aromatic carbocycles. The fourth-order valence-corrected chi connectivity index (χ4v) is 0.394. The van der Waals surface area contributed by atoms with Gasteiger partial charge in [-0.05, 0) is 12.8 Å². The first-order valence-electron chi connectivity index (χ1n) is 2.80. The van der Waals surface area contributed by atoms with Gasteiger partial charge in [0.05, 0.1) is 0 Å². The Labute approximate surface area is 49.5 Å². The van der Waals surface area contributed by atoms with E-state index in [9.17, 15) is 4.79 Å². The molecule has 47 valence electrons. The van der Waals surface area contributed by atoms with E-state index in [-0.39, 0.29) is 0 Å². The molecule has 0 unspecified atom stereocenters. The van der Waals surface area contributed by atoms with Crippen molar-refractivity contribution < 1.29 is 9.90 Å². The summed E-state index contributed by atoms with van der Waals surface area (Å²) in [5, 5.41) is 9.01. The van der Waals surface area contributed by atoms with Gasteiger partial charge in [-0.15, -0.1) is 0 Å². The summed E-state index contributed by atoms with van der Waals surface area (Å²) in [6.07, 6.45) is 2.49. The third-order valence-electron chi connectivity index (χ3n) is 1.36. The second-order valence-electron chi connectivity index (χ2n) is 1.84. The van der Waals surface area contributed by atoms with Gasteiger partial charge < -0.3 is 5.11 Å². The van der Waals surface area contributed by atoms with E-state index in [1.165, 1.54) is 0 Å². The highest BCUT2D eigenvalue weighted by molar-refractivity contribution is 5.62. The number of rotatable bonds is 3. The monoisotopic (exact) mass is 115 g/mol. The number of hydrogen-bond donors (Lipinski definition) is 1. The predicted octanol–water partition coefficient (Wildman–Crippen LogP) is 0.647. The van der Waals surface area contributed by atoms with Crippen LogP contribution in [0, 0.1) is 0 Å². The molecular weight excluding hydrogens is 104 g/mol. The second kappa shape index (κ2) is 2.82. The third kappa shape index (κ3) is 1.62. The quantitative estimate of drug-likeness (QED) is 0.586. The predicted molar refractivity (Wildman–Crippen MR) is 31.2 cm³/mol. The smallest absolute Gasteiger partial charge is 0.232 e. The van der Waals surface area contributed by atoms with E-state index in [4.69, 9.17) is 5.11 Å². The first kappa shape index (κ1) is 7.63. The molecule has 0 fully saturated rings. The molecule has 0 rings (SSSR count). The minimum absolute atomic E-state index is 0.451. The molecular formula is C6H11O2. The number of carbonyl (C=O) groups excluding carboxylic acids is 1. The van der Waals surface area contributed by atoms with E-state index in [0.29, 0.717) is 12.8 Å². The topological polar surface area (TPSA) is 37.3 Å². The van der Waals surface area contributed by atoms with Gasteiger partial charge in [0, 0.05) is 0 Å². The molecule has 0 atom stereocenters. The standard InChI is InChI=1S/C6H11O2/c1-3-6(8,4-2)5-7/h8H,3-4H2,1-2H3. The van der Waals surface area contributed by atoms with Crippen LogP contribution in [0.1, 0.15) is 26.7 Å². The van der Waals surface area contributed by atoms with E-state index in [1.54, 1.807) is 20.1 Å². The lowest BCUT2D eigenvalue weighted by molar-refractivity contribution is 0.0998. The normalized spacial score (nSPS) is 11.4. The summed E-state index contributed by atoms with van der Waals surface area (Å²) in [4.78, 5) is 9.91. The Hall–Kier alpha value is -0.370. The van der Waals surface area contributed by atoms with Gasteiger partial charge in [-0.3, -0.25) is 4.79 Å². The molecule has 0 saturated carbocycles. The Morgan fingerprint density at radius 2 is 1.88 bits per heavy atom. The van der Waals surface area contributed by atoms with Crippen LogP contribution in [0.2, 0.25) is 0 Å². The summed E-state index contributed by atoms with van der Waals surface area (Å²) in [7, 11) is 0. The Balaban J connectivity index is 3.76. The molecule has 0 heterocycles. The lowest BCUT2D eigenvalue weighted by atomic mass is 10.0. The van der Waals surface area contributed by atoms with Crippen molar-refractivity contribution >= 4 is 6.29 Å². The lowest BCUT2D eigenvalue weighted by Gasteiger charge is -2.14. The highest BCUT2D eigenvalue weighted by atomic mass is 16.3. The zero-order chi connectivity index (χ0) is 6.62. The van der Waals surface area contributed by atoms with Crippen molar-refractivity contribution in [2.45, 2.75) is 32.3 Å². The van der Waals surface area contributed by atoms with Gasteiger partial charge in [-0.2, -0.15) is 0 Å². The molecule has 0 saturated heterocycles. The van der Waals surface area contributed by atoms with Gasteiger partial charge in [0.15, 0.2) is 0 Å². The maximum absolute atomic E-state index is 9.91. The molecule has 1 radical (unpaired) electrons. The molecule has 1 N–H and O–H groups in total. The molecule has 0 bridgehead atoms. The van der Waals surface area contributed by atoms with E-state index in [0.717, 1.165) is 0 Å². The average molecular weight is 115 g/mol. The minimum atomic E-state index is -1.18. The van der Waals surface area contributed by atoms with Gasteiger partial charge in [0.1, 0.15) is 5.60 Å². The van der Waals surface area contributed by atoms with Crippen molar-refractivity contribution in [3.8, 4) is 0 Å².